The van der Waals surface area contributed by atoms with Crippen molar-refractivity contribution in [2.45, 2.75) is 32.7 Å². The zero-order valence-electron chi connectivity index (χ0n) is 12.9. The molecule has 3 heteroatoms. The molecule has 0 fully saturated rings. The summed E-state index contributed by atoms with van der Waals surface area (Å²) in [5.74, 6) is -0.213. The van der Waals surface area contributed by atoms with Crippen LogP contribution < -0.4 is 10.6 Å². The number of anilines is 2. The van der Waals surface area contributed by atoms with Gasteiger partial charge in [0, 0.05) is 18.8 Å². The molecular formula is C18H23FN2. The predicted octanol–water partition coefficient (Wildman–Crippen LogP) is 4.05. The maximum atomic E-state index is 14.3. The molecule has 0 radical (unpaired) electrons. The van der Waals surface area contributed by atoms with Gasteiger partial charge in [-0.3, -0.25) is 0 Å². The van der Waals surface area contributed by atoms with Crippen LogP contribution in [0.4, 0.5) is 15.8 Å². The first kappa shape index (κ1) is 15.5. The van der Waals surface area contributed by atoms with E-state index < -0.39 is 0 Å². The van der Waals surface area contributed by atoms with E-state index in [0.29, 0.717) is 12.1 Å². The van der Waals surface area contributed by atoms with E-state index in [1.165, 1.54) is 5.56 Å². The van der Waals surface area contributed by atoms with Gasteiger partial charge in [-0.2, -0.15) is 0 Å². The molecule has 2 N–H and O–H groups in total. The number of nitrogens with zero attached hydrogens (tertiary/aromatic N) is 1. The summed E-state index contributed by atoms with van der Waals surface area (Å²) in [5, 5.41) is 0. The van der Waals surface area contributed by atoms with Gasteiger partial charge in [0.25, 0.3) is 0 Å². The molecule has 2 aromatic rings. The lowest BCUT2D eigenvalue weighted by molar-refractivity contribution is 0.622. The van der Waals surface area contributed by atoms with E-state index >= 15 is 0 Å². The van der Waals surface area contributed by atoms with Crippen molar-refractivity contribution in [3.05, 3.63) is 59.4 Å². The average Bonchev–Trinajstić information content (AvgIpc) is 2.46. The summed E-state index contributed by atoms with van der Waals surface area (Å²) in [7, 11) is 1.88. The zero-order valence-corrected chi connectivity index (χ0v) is 12.9. The molecule has 0 aliphatic carbocycles. The molecule has 0 bridgehead atoms. The Morgan fingerprint density at radius 1 is 1.10 bits per heavy atom. The van der Waals surface area contributed by atoms with Crippen LogP contribution in [0.25, 0.3) is 0 Å². The molecule has 21 heavy (non-hydrogen) atoms. The van der Waals surface area contributed by atoms with Crippen molar-refractivity contribution in [1.82, 2.24) is 0 Å². The van der Waals surface area contributed by atoms with Crippen molar-refractivity contribution < 1.29 is 4.39 Å². The molecule has 0 saturated carbocycles. The third kappa shape index (κ3) is 3.82. The summed E-state index contributed by atoms with van der Waals surface area (Å²) in [5.41, 5.74) is 9.52. The lowest BCUT2D eigenvalue weighted by Gasteiger charge is -2.21. The molecule has 0 aliphatic heterocycles. The highest BCUT2D eigenvalue weighted by Gasteiger charge is 2.11. The van der Waals surface area contributed by atoms with Crippen molar-refractivity contribution >= 4 is 11.4 Å². The van der Waals surface area contributed by atoms with Gasteiger partial charge < -0.3 is 10.6 Å². The minimum Gasteiger partial charge on any atom is -0.342 e. The maximum Gasteiger partial charge on any atom is 0.147 e. The Morgan fingerprint density at radius 3 is 2.24 bits per heavy atom. The third-order valence-corrected chi connectivity index (χ3v) is 3.66. The van der Waals surface area contributed by atoms with Crippen LogP contribution in [0.2, 0.25) is 0 Å². The number of halogens is 1. The summed E-state index contributed by atoms with van der Waals surface area (Å²) >= 11 is 0. The number of rotatable bonds is 5. The number of benzene rings is 2. The van der Waals surface area contributed by atoms with E-state index in [1.54, 1.807) is 6.07 Å². The summed E-state index contributed by atoms with van der Waals surface area (Å²) in [6.45, 7) is 4.04. The van der Waals surface area contributed by atoms with Gasteiger partial charge in [0.2, 0.25) is 0 Å². The Balaban J connectivity index is 2.23. The Kier molecular flexibility index (Phi) is 4.97. The van der Waals surface area contributed by atoms with Crippen LogP contribution in [0.15, 0.2) is 42.5 Å². The predicted molar refractivity (Wildman–Crippen MR) is 87.6 cm³/mol. The van der Waals surface area contributed by atoms with Crippen LogP contribution in [0.1, 0.15) is 25.0 Å². The van der Waals surface area contributed by atoms with E-state index in [0.717, 1.165) is 17.7 Å². The van der Waals surface area contributed by atoms with Crippen molar-refractivity contribution in [3.63, 3.8) is 0 Å². The van der Waals surface area contributed by atoms with Gasteiger partial charge >= 0.3 is 0 Å². The van der Waals surface area contributed by atoms with E-state index in [9.17, 15) is 4.39 Å². The lowest BCUT2D eigenvalue weighted by atomic mass is 10.1. The van der Waals surface area contributed by atoms with Gasteiger partial charge in [-0.15, -0.1) is 0 Å². The second kappa shape index (κ2) is 6.72. The molecule has 1 atom stereocenters. The Hall–Kier alpha value is -1.87. The van der Waals surface area contributed by atoms with Crippen LogP contribution in [0, 0.1) is 5.82 Å². The topological polar surface area (TPSA) is 29.3 Å². The second-order valence-corrected chi connectivity index (χ2v) is 5.55. The monoisotopic (exact) mass is 286 g/mol. The number of hydrogen-bond donors (Lipinski definition) is 1. The fourth-order valence-corrected chi connectivity index (χ4v) is 2.42. The molecule has 2 aromatic carbocycles. The summed E-state index contributed by atoms with van der Waals surface area (Å²) in [6.07, 6.45) is 1.69. The summed E-state index contributed by atoms with van der Waals surface area (Å²) in [4.78, 5) is 1.87. The molecule has 0 heterocycles. The van der Waals surface area contributed by atoms with E-state index in [2.05, 4.69) is 19.1 Å². The van der Waals surface area contributed by atoms with Crippen LogP contribution in [0.3, 0.4) is 0 Å². The average molecular weight is 286 g/mol. The first-order valence-corrected chi connectivity index (χ1v) is 7.38. The van der Waals surface area contributed by atoms with Gasteiger partial charge in [-0.25, -0.2) is 4.39 Å². The number of nitrogens with two attached hydrogens (primary N) is 1. The summed E-state index contributed by atoms with van der Waals surface area (Å²) in [6, 6.07) is 13.6. The lowest BCUT2D eigenvalue weighted by Crippen LogP contribution is -2.18. The highest BCUT2D eigenvalue weighted by molar-refractivity contribution is 5.63. The molecule has 112 valence electrons. The van der Waals surface area contributed by atoms with E-state index in [4.69, 9.17) is 5.73 Å². The smallest absolute Gasteiger partial charge is 0.147 e. The number of hydrogen-bond acceptors (Lipinski definition) is 2. The van der Waals surface area contributed by atoms with Crippen LogP contribution in [-0.2, 0) is 12.8 Å². The van der Waals surface area contributed by atoms with Crippen LogP contribution >= 0.6 is 0 Å². The minimum atomic E-state index is -0.213. The largest absolute Gasteiger partial charge is 0.342 e. The summed E-state index contributed by atoms with van der Waals surface area (Å²) < 4.78 is 14.3. The van der Waals surface area contributed by atoms with Crippen molar-refractivity contribution in [1.29, 1.82) is 0 Å². The SMILES string of the molecule is CCc1ccc(N(C)c2ccc(CC(C)N)cc2F)cc1. The Labute approximate surface area is 126 Å². The van der Waals surface area contributed by atoms with Crippen molar-refractivity contribution in [3.8, 4) is 0 Å². The standard InChI is InChI=1S/C18H23FN2/c1-4-14-5-8-16(9-6-14)21(3)18-10-7-15(11-13(2)20)12-17(18)19/h5-10,12-13H,4,11,20H2,1-3H3. The van der Waals surface area contributed by atoms with Crippen LogP contribution in [0.5, 0.6) is 0 Å². The molecule has 0 aliphatic rings. The molecular weight excluding hydrogens is 263 g/mol. The number of aryl methyl sites for hydroxylation is 1. The van der Waals surface area contributed by atoms with Crippen LogP contribution in [-0.4, -0.2) is 13.1 Å². The third-order valence-electron chi connectivity index (χ3n) is 3.66. The minimum absolute atomic E-state index is 0.0366. The molecule has 2 nitrogen and oxygen atoms in total. The highest BCUT2D eigenvalue weighted by Crippen LogP contribution is 2.27. The molecule has 1 unspecified atom stereocenters. The zero-order chi connectivity index (χ0) is 15.4. The molecule has 0 amide bonds. The van der Waals surface area contributed by atoms with Gasteiger partial charge in [0.1, 0.15) is 5.82 Å². The first-order valence-electron chi connectivity index (χ1n) is 7.38. The maximum absolute atomic E-state index is 14.3. The Bertz CT molecular complexity index is 591. The van der Waals surface area contributed by atoms with Gasteiger partial charge in [0.05, 0.1) is 5.69 Å². The molecule has 0 saturated heterocycles. The van der Waals surface area contributed by atoms with Gasteiger partial charge in [-0.05, 0) is 55.2 Å². The Morgan fingerprint density at radius 2 is 1.71 bits per heavy atom. The molecule has 0 aromatic heterocycles. The molecule has 2 rings (SSSR count). The van der Waals surface area contributed by atoms with Crippen molar-refractivity contribution in [2.24, 2.45) is 5.73 Å². The molecule has 0 spiro atoms. The first-order chi connectivity index (χ1) is 10.0. The fourth-order valence-electron chi connectivity index (χ4n) is 2.42. The highest BCUT2D eigenvalue weighted by atomic mass is 19.1. The van der Waals surface area contributed by atoms with Gasteiger partial charge in [0.15, 0.2) is 0 Å². The van der Waals surface area contributed by atoms with Crippen molar-refractivity contribution in [2.75, 3.05) is 11.9 Å². The van der Waals surface area contributed by atoms with Gasteiger partial charge in [-0.1, -0.05) is 25.1 Å². The van der Waals surface area contributed by atoms with E-state index in [1.807, 2.05) is 43.1 Å². The van der Waals surface area contributed by atoms with E-state index in [-0.39, 0.29) is 11.9 Å². The fraction of sp³-hybridized carbons (Fsp3) is 0.333. The normalized spacial score (nSPS) is 12.2. The quantitative estimate of drug-likeness (QED) is 0.898. The second-order valence-electron chi connectivity index (χ2n) is 5.55.